The van der Waals surface area contributed by atoms with Crippen molar-refractivity contribution in [1.82, 2.24) is 4.31 Å². The van der Waals surface area contributed by atoms with Crippen molar-refractivity contribution in [3.63, 3.8) is 0 Å². The number of hydrogen-bond donors (Lipinski definition) is 1. The van der Waals surface area contributed by atoms with E-state index in [4.69, 9.17) is 5.73 Å². The lowest BCUT2D eigenvalue weighted by atomic mass is 10.1. The Balaban J connectivity index is 1.60. The molecule has 0 bridgehead atoms. The molecule has 1 amide bonds. The summed E-state index contributed by atoms with van der Waals surface area (Å²) in [4.78, 5) is 16.7. The summed E-state index contributed by atoms with van der Waals surface area (Å²) in [7, 11) is -3.48. The molecule has 2 aliphatic rings. The zero-order valence-corrected chi connectivity index (χ0v) is 18.3. The highest BCUT2D eigenvalue weighted by molar-refractivity contribution is 7.89. The Morgan fingerprint density at radius 2 is 1.74 bits per heavy atom. The fourth-order valence-electron chi connectivity index (χ4n) is 3.56. The zero-order valence-electron chi connectivity index (χ0n) is 17.4. The summed E-state index contributed by atoms with van der Waals surface area (Å²) < 4.78 is 28.0. The number of hydrogen-bond acceptors (Lipinski definition) is 5. The molecule has 2 aliphatic heterocycles. The highest BCUT2D eigenvalue weighted by Crippen LogP contribution is 2.24. The third-order valence-corrected chi connectivity index (χ3v) is 7.14. The molecule has 2 heterocycles. The van der Waals surface area contributed by atoms with Gasteiger partial charge < -0.3 is 5.73 Å². The van der Waals surface area contributed by atoms with Gasteiger partial charge >= 0.3 is 0 Å². The van der Waals surface area contributed by atoms with Crippen molar-refractivity contribution < 1.29 is 17.9 Å². The Bertz CT molecular complexity index is 1220. The van der Waals surface area contributed by atoms with Crippen molar-refractivity contribution in [2.24, 2.45) is 15.8 Å². The van der Waals surface area contributed by atoms with Crippen molar-refractivity contribution in [3.8, 4) is 0 Å². The number of azo groups is 2. The topological polar surface area (TPSA) is 108 Å². The van der Waals surface area contributed by atoms with E-state index in [1.807, 2.05) is 26.0 Å². The zero-order chi connectivity index (χ0) is 22.2. The first kappa shape index (κ1) is 21.1. The Morgan fingerprint density at radius 3 is 2.29 bits per heavy atom. The molecule has 0 spiro atoms. The largest absolute Gasteiger partial charge is 0.365 e. The number of nitrogens with two attached hydrogens (primary N) is 1. The van der Waals surface area contributed by atoms with Crippen molar-refractivity contribution in [1.29, 1.82) is 0 Å². The third-order valence-electron chi connectivity index (χ3n) is 5.23. The van der Waals surface area contributed by atoms with Gasteiger partial charge in [0.15, 0.2) is 0 Å². The summed E-state index contributed by atoms with van der Waals surface area (Å²) in [6.07, 6.45) is 2.41. The monoisotopic (exact) mass is 438 g/mol. The average Bonchev–Trinajstić information content (AvgIpc) is 3.12. The minimum Gasteiger partial charge on any atom is -0.365 e. The Kier molecular flexibility index (Phi) is 5.55. The Morgan fingerprint density at radius 1 is 1.10 bits per heavy atom. The van der Waals surface area contributed by atoms with Crippen LogP contribution in [0.5, 0.6) is 0 Å². The Labute approximate surface area is 181 Å². The maximum absolute atomic E-state index is 12.5. The molecule has 0 unspecified atom stereocenters. The fraction of sp³-hybridized carbons (Fsp3) is 0.273. The maximum atomic E-state index is 12.5. The van der Waals surface area contributed by atoms with Gasteiger partial charge in [0.05, 0.1) is 4.90 Å². The van der Waals surface area contributed by atoms with E-state index in [-0.39, 0.29) is 17.1 Å². The van der Waals surface area contributed by atoms with Gasteiger partial charge in [0.1, 0.15) is 5.57 Å². The van der Waals surface area contributed by atoms with Gasteiger partial charge in [-0.3, -0.25) is 4.79 Å². The van der Waals surface area contributed by atoms with Crippen molar-refractivity contribution in [2.45, 2.75) is 25.2 Å². The van der Waals surface area contributed by atoms with Crippen LogP contribution in [0.25, 0.3) is 5.57 Å². The van der Waals surface area contributed by atoms with Crippen molar-refractivity contribution in [2.75, 3.05) is 19.8 Å². The number of sulfonamides is 1. The number of amides is 1. The van der Waals surface area contributed by atoms with E-state index in [1.165, 1.54) is 16.4 Å². The Hall–Kier alpha value is -3.17. The molecule has 2 aromatic rings. The molecule has 1 fully saturated rings. The van der Waals surface area contributed by atoms with Crippen LogP contribution in [-0.4, -0.2) is 48.9 Å². The number of benzene rings is 2. The third kappa shape index (κ3) is 4.33. The summed E-state index contributed by atoms with van der Waals surface area (Å²) in [6, 6.07) is 12.3. The summed E-state index contributed by atoms with van der Waals surface area (Å²) in [5.74, 6) is -0.0451. The molecule has 2 aromatic carbocycles. The molecule has 0 aliphatic carbocycles. The number of nitrogens with zero attached hydrogens (tertiary/aromatic N) is 4. The van der Waals surface area contributed by atoms with E-state index in [0.29, 0.717) is 24.5 Å². The van der Waals surface area contributed by atoms with E-state index in [0.717, 1.165) is 23.1 Å². The molecular weight excluding hydrogens is 414 g/mol. The smallest absolute Gasteiger partial charge is 0.269 e. The molecule has 0 atom stereocenters. The van der Waals surface area contributed by atoms with E-state index < -0.39 is 15.9 Å². The van der Waals surface area contributed by atoms with Gasteiger partial charge in [0.2, 0.25) is 22.1 Å². The lowest BCUT2D eigenvalue weighted by Crippen LogP contribution is -2.41. The van der Waals surface area contributed by atoms with Crippen LogP contribution in [0, 0.1) is 13.8 Å². The number of aliphatic imine (C=N–C) groups is 1. The normalized spacial score (nSPS) is 17.2. The van der Waals surface area contributed by atoms with Crippen LogP contribution in [0.15, 0.2) is 63.7 Å². The van der Waals surface area contributed by atoms with Gasteiger partial charge in [0.25, 0.3) is 12.6 Å². The van der Waals surface area contributed by atoms with Gasteiger partial charge in [-0.2, -0.15) is 9.30 Å². The highest BCUT2D eigenvalue weighted by atomic mass is 32.2. The first-order valence-electron chi connectivity index (χ1n) is 9.98. The van der Waals surface area contributed by atoms with Crippen molar-refractivity contribution in [3.05, 3.63) is 70.9 Å². The molecule has 9 heteroatoms. The molecule has 31 heavy (non-hydrogen) atoms. The van der Waals surface area contributed by atoms with Gasteiger partial charge in [-0.1, -0.05) is 34.0 Å². The summed E-state index contributed by atoms with van der Waals surface area (Å²) >= 11 is 0. The van der Waals surface area contributed by atoms with E-state index in [2.05, 4.69) is 16.2 Å². The quantitative estimate of drug-likeness (QED) is 0.552. The first-order valence-corrected chi connectivity index (χ1v) is 11.4. The lowest BCUT2D eigenvalue weighted by molar-refractivity contribution is -0.512. The predicted molar refractivity (Wildman–Crippen MR) is 117 cm³/mol. The van der Waals surface area contributed by atoms with E-state index in [9.17, 15) is 13.2 Å². The lowest BCUT2D eigenvalue weighted by Gasteiger charge is -2.29. The van der Waals surface area contributed by atoms with Gasteiger partial charge in [0, 0.05) is 23.8 Å². The van der Waals surface area contributed by atoms with Crippen LogP contribution in [0.3, 0.4) is 0 Å². The second kappa shape index (κ2) is 8.16. The number of amidine groups is 1. The van der Waals surface area contributed by atoms with Gasteiger partial charge in [-0.15, -0.1) is 0 Å². The molecule has 160 valence electrons. The minimum absolute atomic E-state index is 0.200. The van der Waals surface area contributed by atoms with Crippen LogP contribution in [-0.2, 0) is 14.8 Å². The first-order chi connectivity index (χ1) is 14.7. The number of primary amides is 1. The molecule has 4 rings (SSSR count). The second-order valence-electron chi connectivity index (χ2n) is 7.73. The van der Waals surface area contributed by atoms with Gasteiger partial charge in [-0.25, -0.2) is 8.42 Å². The highest BCUT2D eigenvalue weighted by Gasteiger charge is 2.29. The van der Waals surface area contributed by atoms with Crippen LogP contribution in [0.1, 0.15) is 28.7 Å². The van der Waals surface area contributed by atoms with Crippen LogP contribution in [0.2, 0.25) is 0 Å². The molecule has 2 N–H and O–H groups in total. The maximum Gasteiger partial charge on any atom is 0.269 e. The minimum atomic E-state index is -3.48. The van der Waals surface area contributed by atoms with Gasteiger partial charge in [-0.05, 0) is 50.1 Å². The molecule has 1 saturated heterocycles. The number of rotatable bonds is 6. The van der Waals surface area contributed by atoms with Crippen molar-refractivity contribution >= 4 is 27.3 Å². The standard InChI is InChI=1S/C22H23N5O3S/c1-15-10-16(2)12-18(11-15)22-24-14-26(25-22)13-20(21(23)28)17-4-6-19(7-5-17)31(29,30)27-8-3-9-27/h4-7,10-13H,3,8-9,14H2,1-2H3,(H-,23,28)/p+1/b20-13+. The fourth-order valence-corrected chi connectivity index (χ4v) is 5.08. The van der Waals surface area contributed by atoms with Crippen LogP contribution >= 0.6 is 0 Å². The molecule has 0 saturated carbocycles. The number of carbonyl (C=O) groups excluding carboxylic acids is 1. The molecular formula is C22H24N5O3S+. The summed E-state index contributed by atoms with van der Waals surface area (Å²) in [5.41, 5.74) is 9.49. The number of carbonyl (C=O) groups is 1. The van der Waals surface area contributed by atoms with E-state index >= 15 is 0 Å². The number of aryl methyl sites for hydroxylation is 2. The van der Waals surface area contributed by atoms with Crippen LogP contribution < -0.4 is 5.73 Å². The van der Waals surface area contributed by atoms with Crippen LogP contribution in [0.4, 0.5) is 0 Å². The average molecular weight is 439 g/mol. The second-order valence-corrected chi connectivity index (χ2v) is 9.67. The summed E-state index contributed by atoms with van der Waals surface area (Å²) in [5, 5.41) is 4.48. The predicted octanol–water partition coefficient (Wildman–Crippen LogP) is 2.41. The van der Waals surface area contributed by atoms with E-state index in [1.54, 1.807) is 23.0 Å². The summed E-state index contributed by atoms with van der Waals surface area (Å²) in [6.45, 7) is 5.37. The SMILES string of the molecule is Cc1cc(C)cc(C2=NC[N+](/C=C(/C(N)=O)c3ccc(S(=O)(=O)N4CCC4)cc3)=N2)c1. The molecule has 0 radical (unpaired) electrons. The molecule has 8 nitrogen and oxygen atoms in total. The molecule has 0 aromatic heterocycles.